The molecule has 152 valence electrons. The zero-order valence-corrected chi connectivity index (χ0v) is 17.3. The second-order valence-corrected chi connectivity index (χ2v) is 7.33. The molecule has 0 spiro atoms. The molecule has 0 amide bonds. The predicted octanol–water partition coefficient (Wildman–Crippen LogP) is 4.62. The van der Waals surface area contributed by atoms with Crippen LogP contribution in [-0.4, -0.2) is 31.7 Å². The van der Waals surface area contributed by atoms with Gasteiger partial charge in [0.25, 0.3) is 0 Å². The van der Waals surface area contributed by atoms with Gasteiger partial charge in [0.05, 0.1) is 11.4 Å². The Bertz CT molecular complexity index is 1110. The number of hydrogen-bond acceptors (Lipinski definition) is 6. The first-order chi connectivity index (χ1) is 14.5. The van der Waals surface area contributed by atoms with Crippen LogP contribution in [0.15, 0.2) is 60.0 Å². The summed E-state index contributed by atoms with van der Waals surface area (Å²) < 4.78 is 1.93. The maximum absolute atomic E-state index is 11.5. The average Bonchev–Trinajstić information content (AvgIpc) is 3.19. The highest BCUT2D eigenvalue weighted by Gasteiger charge is 2.25. The molecule has 7 nitrogen and oxygen atoms in total. The van der Waals surface area contributed by atoms with Gasteiger partial charge in [0, 0.05) is 54.1 Å². The summed E-state index contributed by atoms with van der Waals surface area (Å²) in [5.41, 5.74) is 4.24. The van der Waals surface area contributed by atoms with Gasteiger partial charge in [-0.1, -0.05) is 13.0 Å². The molecule has 3 aromatic rings. The highest BCUT2D eigenvalue weighted by atomic mass is 16.1. The number of nitrogens with zero attached hydrogens (tertiary/aromatic N) is 5. The first kappa shape index (κ1) is 19.7. The molecule has 1 aliphatic heterocycles. The Morgan fingerprint density at radius 3 is 2.70 bits per heavy atom. The van der Waals surface area contributed by atoms with Crippen molar-refractivity contribution in [2.45, 2.75) is 33.2 Å². The highest BCUT2D eigenvalue weighted by Crippen LogP contribution is 2.33. The molecule has 2 unspecified atom stereocenters. The molecule has 0 bridgehead atoms. The van der Waals surface area contributed by atoms with Gasteiger partial charge < -0.3 is 5.32 Å². The molecule has 7 heteroatoms. The van der Waals surface area contributed by atoms with Crippen LogP contribution in [0.3, 0.4) is 0 Å². The summed E-state index contributed by atoms with van der Waals surface area (Å²) in [7, 11) is 0. The first-order valence-electron chi connectivity index (χ1n) is 10.0. The Balaban J connectivity index is 1.65. The number of benzene rings is 1. The van der Waals surface area contributed by atoms with Gasteiger partial charge in [-0.05, 0) is 50.1 Å². The number of Topliss-reactive ketones (excluding diaryl/α,β-unsaturated/α-hetero) is 1. The SMILES string of the molecule is CCn1cc(-c2ccnc(Nc3ccc(C(C)=O)cc3)n2)c(C2C=NC=CC2C)n1. The lowest BCUT2D eigenvalue weighted by atomic mass is 9.88. The second kappa shape index (κ2) is 8.41. The van der Waals surface area contributed by atoms with Gasteiger partial charge in [-0.2, -0.15) is 5.10 Å². The Kier molecular flexibility index (Phi) is 5.52. The molecule has 2 aromatic heterocycles. The van der Waals surface area contributed by atoms with Crippen LogP contribution in [0.1, 0.15) is 42.7 Å². The van der Waals surface area contributed by atoms with Crippen molar-refractivity contribution in [1.82, 2.24) is 19.7 Å². The monoisotopic (exact) mass is 400 g/mol. The van der Waals surface area contributed by atoms with Crippen LogP contribution in [0, 0.1) is 5.92 Å². The number of aliphatic imine (C=N–C) groups is 1. The molecule has 0 radical (unpaired) electrons. The highest BCUT2D eigenvalue weighted by molar-refractivity contribution is 5.94. The molecule has 0 aliphatic carbocycles. The predicted molar refractivity (Wildman–Crippen MR) is 118 cm³/mol. The molecule has 0 saturated carbocycles. The zero-order valence-electron chi connectivity index (χ0n) is 17.3. The third kappa shape index (κ3) is 4.05. The molecular formula is C23H24N6O. The molecule has 1 aliphatic rings. The fourth-order valence-electron chi connectivity index (χ4n) is 3.43. The van der Waals surface area contributed by atoms with E-state index in [9.17, 15) is 4.79 Å². The van der Waals surface area contributed by atoms with E-state index in [2.05, 4.69) is 35.2 Å². The van der Waals surface area contributed by atoms with Crippen molar-refractivity contribution in [2.24, 2.45) is 10.9 Å². The van der Waals surface area contributed by atoms with Crippen LogP contribution >= 0.6 is 0 Å². The number of carbonyl (C=O) groups is 1. The number of aryl methyl sites for hydroxylation is 1. The minimum atomic E-state index is 0.0376. The molecule has 4 rings (SSSR count). The summed E-state index contributed by atoms with van der Waals surface area (Å²) in [5.74, 6) is 0.933. The van der Waals surface area contributed by atoms with Gasteiger partial charge >= 0.3 is 0 Å². The van der Waals surface area contributed by atoms with E-state index in [1.165, 1.54) is 0 Å². The van der Waals surface area contributed by atoms with Crippen molar-refractivity contribution in [1.29, 1.82) is 0 Å². The molecule has 0 saturated heterocycles. The number of anilines is 2. The minimum absolute atomic E-state index is 0.0376. The standard InChI is InChI=1S/C23H24N6O/c1-4-29-14-20(22(28-29)19-13-24-11-9-15(19)2)21-10-12-25-23(27-21)26-18-7-5-17(6-8-18)16(3)30/h5-15,19H,4H2,1-3H3,(H,25,26,27). The largest absolute Gasteiger partial charge is 0.324 e. The van der Waals surface area contributed by atoms with E-state index in [1.54, 1.807) is 25.3 Å². The van der Waals surface area contributed by atoms with Crippen molar-refractivity contribution in [2.75, 3.05) is 5.32 Å². The van der Waals surface area contributed by atoms with Crippen LogP contribution < -0.4 is 5.32 Å². The van der Waals surface area contributed by atoms with Crippen molar-refractivity contribution < 1.29 is 4.79 Å². The van der Waals surface area contributed by atoms with Crippen LogP contribution in [-0.2, 0) is 6.54 Å². The van der Waals surface area contributed by atoms with Gasteiger partial charge in [0.1, 0.15) is 0 Å². The van der Waals surface area contributed by atoms with Crippen molar-refractivity contribution in [3.05, 3.63) is 66.3 Å². The summed E-state index contributed by atoms with van der Waals surface area (Å²) >= 11 is 0. The normalized spacial score (nSPS) is 17.8. The molecule has 3 heterocycles. The Hall–Kier alpha value is -3.61. The van der Waals surface area contributed by atoms with E-state index in [0.29, 0.717) is 17.4 Å². The van der Waals surface area contributed by atoms with Crippen LogP contribution in [0.4, 0.5) is 11.6 Å². The second-order valence-electron chi connectivity index (χ2n) is 7.33. The van der Waals surface area contributed by atoms with Gasteiger partial charge in [-0.25, -0.2) is 9.97 Å². The summed E-state index contributed by atoms with van der Waals surface area (Å²) in [6.07, 6.45) is 9.65. The third-order valence-electron chi connectivity index (χ3n) is 5.20. The van der Waals surface area contributed by atoms with Crippen LogP contribution in [0.25, 0.3) is 11.3 Å². The van der Waals surface area contributed by atoms with Gasteiger partial charge in [0.2, 0.25) is 5.95 Å². The number of ketones is 1. The zero-order chi connectivity index (χ0) is 21.1. The lowest BCUT2D eigenvalue weighted by Crippen LogP contribution is -2.14. The number of allylic oxidation sites excluding steroid dienone is 1. The van der Waals surface area contributed by atoms with E-state index in [1.807, 2.05) is 41.5 Å². The smallest absolute Gasteiger partial charge is 0.227 e. The van der Waals surface area contributed by atoms with Crippen LogP contribution in [0.5, 0.6) is 0 Å². The molecule has 1 N–H and O–H groups in total. The molecule has 2 atom stereocenters. The number of aromatic nitrogens is 4. The number of hydrogen-bond donors (Lipinski definition) is 1. The third-order valence-corrected chi connectivity index (χ3v) is 5.20. The summed E-state index contributed by atoms with van der Waals surface area (Å²) in [6.45, 7) is 6.56. The summed E-state index contributed by atoms with van der Waals surface area (Å²) in [6, 6.07) is 9.16. The Labute approximate surface area is 175 Å². The minimum Gasteiger partial charge on any atom is -0.324 e. The van der Waals surface area contributed by atoms with Crippen molar-refractivity contribution in [3.8, 4) is 11.3 Å². The van der Waals surface area contributed by atoms with E-state index < -0.39 is 0 Å². The topological polar surface area (TPSA) is 85.1 Å². The quantitative estimate of drug-likeness (QED) is 0.610. The number of rotatable bonds is 6. The van der Waals surface area contributed by atoms with E-state index in [0.717, 1.165) is 29.2 Å². The Morgan fingerprint density at radius 2 is 2.00 bits per heavy atom. The number of carbonyl (C=O) groups excluding carboxylic acids is 1. The van der Waals surface area contributed by atoms with E-state index >= 15 is 0 Å². The molecule has 30 heavy (non-hydrogen) atoms. The fourth-order valence-corrected chi connectivity index (χ4v) is 3.43. The molecule has 0 fully saturated rings. The maximum atomic E-state index is 11.5. The van der Waals surface area contributed by atoms with E-state index in [4.69, 9.17) is 10.1 Å². The Morgan fingerprint density at radius 1 is 1.20 bits per heavy atom. The summed E-state index contributed by atoms with van der Waals surface area (Å²) in [4.78, 5) is 24.9. The number of nitrogens with one attached hydrogen (secondary N) is 1. The lowest BCUT2D eigenvalue weighted by molar-refractivity contribution is 0.101. The summed E-state index contributed by atoms with van der Waals surface area (Å²) in [5, 5.41) is 8.01. The molecular weight excluding hydrogens is 376 g/mol. The van der Waals surface area contributed by atoms with Crippen molar-refractivity contribution >= 4 is 23.6 Å². The van der Waals surface area contributed by atoms with Crippen molar-refractivity contribution in [3.63, 3.8) is 0 Å². The first-order valence-corrected chi connectivity index (χ1v) is 10.0. The van der Waals surface area contributed by atoms with Gasteiger partial charge in [0.15, 0.2) is 5.78 Å². The average molecular weight is 400 g/mol. The lowest BCUT2D eigenvalue weighted by Gasteiger charge is -2.18. The fraction of sp³-hybridized carbons (Fsp3) is 0.261. The van der Waals surface area contributed by atoms with Crippen LogP contribution in [0.2, 0.25) is 0 Å². The molecule has 1 aromatic carbocycles. The van der Waals surface area contributed by atoms with Gasteiger partial charge in [-0.3, -0.25) is 14.5 Å². The van der Waals surface area contributed by atoms with Gasteiger partial charge in [-0.15, -0.1) is 0 Å². The maximum Gasteiger partial charge on any atom is 0.227 e. The van der Waals surface area contributed by atoms with E-state index in [-0.39, 0.29) is 11.7 Å².